The van der Waals surface area contributed by atoms with Gasteiger partial charge in [0, 0.05) is 23.5 Å². The third-order valence-electron chi connectivity index (χ3n) is 5.55. The summed E-state index contributed by atoms with van der Waals surface area (Å²) in [5.74, 6) is -0.200. The van der Waals surface area contributed by atoms with Gasteiger partial charge >= 0.3 is 0 Å². The molecule has 0 bridgehead atoms. The number of nitrogens with zero attached hydrogens (tertiary/aromatic N) is 2. The van der Waals surface area contributed by atoms with E-state index in [1.165, 1.54) is 25.7 Å². The maximum absolute atomic E-state index is 12.7. The minimum absolute atomic E-state index is 0.0117. The highest BCUT2D eigenvalue weighted by Gasteiger charge is 2.34. The number of hydrogen-bond donors (Lipinski definition) is 1. The summed E-state index contributed by atoms with van der Waals surface area (Å²) in [5, 5.41) is 3.53. The van der Waals surface area contributed by atoms with E-state index in [1.807, 2.05) is 18.2 Å². The fourth-order valence-corrected chi connectivity index (χ4v) is 4.65. The number of carbonyl (C=O) groups is 2. The number of aliphatic imine (C=N–C) groups is 1. The molecule has 2 amide bonds. The van der Waals surface area contributed by atoms with Gasteiger partial charge in [0.2, 0.25) is 16.9 Å². The van der Waals surface area contributed by atoms with Gasteiger partial charge in [-0.1, -0.05) is 54.1 Å². The van der Waals surface area contributed by atoms with Crippen LogP contribution < -0.4 is 5.32 Å². The highest BCUT2D eigenvalue weighted by atomic mass is 79.9. The van der Waals surface area contributed by atoms with Gasteiger partial charge < -0.3 is 5.32 Å². The minimum Gasteiger partial charge on any atom is -0.353 e. The normalized spacial score (nSPS) is 23.0. The topological polar surface area (TPSA) is 61.8 Å². The van der Waals surface area contributed by atoms with Crippen LogP contribution in [0.4, 0.5) is 0 Å². The second-order valence-electron chi connectivity index (χ2n) is 7.74. The molecule has 2 aliphatic carbocycles. The summed E-state index contributed by atoms with van der Waals surface area (Å²) in [7, 11) is 0. The van der Waals surface area contributed by atoms with Crippen molar-refractivity contribution in [2.75, 3.05) is 6.54 Å². The smallest absolute Gasteiger partial charge is 0.241 e. The predicted molar refractivity (Wildman–Crippen MR) is 119 cm³/mol. The van der Waals surface area contributed by atoms with Crippen molar-refractivity contribution in [2.45, 2.75) is 70.3 Å². The molecule has 0 aromatic rings. The van der Waals surface area contributed by atoms with Gasteiger partial charge in [0.15, 0.2) is 0 Å². The first kappa shape index (κ1) is 21.4. The maximum Gasteiger partial charge on any atom is 0.241 e. The highest BCUT2D eigenvalue weighted by molar-refractivity contribution is 9.11. The molecule has 1 fully saturated rings. The second kappa shape index (κ2) is 10.4. The Hall–Kier alpha value is -1.34. The molecule has 1 N–H and O–H groups in total. The Morgan fingerprint density at radius 1 is 1.18 bits per heavy atom. The van der Waals surface area contributed by atoms with E-state index < -0.39 is 0 Å². The second-order valence-corrected chi connectivity index (χ2v) is 9.02. The zero-order chi connectivity index (χ0) is 19.9. The van der Waals surface area contributed by atoms with Crippen molar-refractivity contribution in [1.82, 2.24) is 10.2 Å². The summed E-state index contributed by atoms with van der Waals surface area (Å²) in [6, 6.07) is 0.363. The van der Waals surface area contributed by atoms with Crippen LogP contribution in [0.15, 0.2) is 27.7 Å². The lowest BCUT2D eigenvalue weighted by Gasteiger charge is -2.30. The van der Waals surface area contributed by atoms with Gasteiger partial charge in [-0.05, 0) is 50.1 Å². The van der Waals surface area contributed by atoms with Crippen LogP contribution in [0.1, 0.15) is 64.2 Å². The fourth-order valence-electron chi connectivity index (χ4n) is 3.97. The summed E-state index contributed by atoms with van der Waals surface area (Å²) in [5.41, 5.74) is 0.713. The van der Waals surface area contributed by atoms with Crippen molar-refractivity contribution in [3.05, 3.63) is 22.7 Å². The van der Waals surface area contributed by atoms with Crippen molar-refractivity contribution in [3.63, 3.8) is 0 Å². The third-order valence-corrected chi connectivity index (χ3v) is 6.39. The van der Waals surface area contributed by atoms with Crippen molar-refractivity contribution in [3.8, 4) is 0 Å². The van der Waals surface area contributed by atoms with E-state index in [9.17, 15) is 9.59 Å². The molecular weight excluding hydrogens is 438 g/mol. The van der Waals surface area contributed by atoms with E-state index in [-0.39, 0.29) is 17.7 Å². The molecule has 0 aromatic carbocycles. The van der Waals surface area contributed by atoms with Crippen molar-refractivity contribution in [1.29, 1.82) is 0 Å². The molecule has 28 heavy (non-hydrogen) atoms. The number of rotatable bonds is 7. The van der Waals surface area contributed by atoms with Gasteiger partial charge in [0.25, 0.3) is 0 Å². The largest absolute Gasteiger partial charge is 0.353 e. The van der Waals surface area contributed by atoms with Crippen LogP contribution in [-0.4, -0.2) is 40.1 Å². The molecule has 1 atom stereocenters. The van der Waals surface area contributed by atoms with Gasteiger partial charge in [0.1, 0.15) is 5.92 Å². The SMILES string of the molecule is O=C(CCCCCN1C(=O)C2C=C(Br)C=CC2=NC1=S)NC1CCCCCC1. The third kappa shape index (κ3) is 5.83. The zero-order valence-corrected chi connectivity index (χ0v) is 18.6. The number of unbranched alkanes of at least 4 members (excludes halogenated alkanes) is 2. The van der Waals surface area contributed by atoms with Gasteiger partial charge in [-0.3, -0.25) is 14.5 Å². The molecule has 1 unspecified atom stereocenters. The van der Waals surface area contributed by atoms with E-state index in [4.69, 9.17) is 12.2 Å². The highest BCUT2D eigenvalue weighted by Crippen LogP contribution is 2.25. The molecule has 3 rings (SSSR count). The number of allylic oxidation sites excluding steroid dienone is 3. The fraction of sp³-hybridized carbons (Fsp3) is 0.619. The molecule has 0 radical (unpaired) electrons. The quantitative estimate of drug-likeness (QED) is 0.343. The minimum atomic E-state index is -0.351. The monoisotopic (exact) mass is 465 g/mol. The van der Waals surface area contributed by atoms with Gasteiger partial charge in [-0.25, -0.2) is 4.99 Å². The Morgan fingerprint density at radius 2 is 1.93 bits per heavy atom. The molecule has 1 aliphatic heterocycles. The number of hydrogen-bond acceptors (Lipinski definition) is 3. The Kier molecular flexibility index (Phi) is 7.97. The molecule has 0 saturated heterocycles. The van der Waals surface area contributed by atoms with Crippen LogP contribution in [-0.2, 0) is 9.59 Å². The molecule has 0 spiro atoms. The Morgan fingerprint density at radius 3 is 2.68 bits per heavy atom. The number of amides is 2. The molecule has 152 valence electrons. The Balaban J connectivity index is 1.37. The van der Waals surface area contributed by atoms with E-state index in [0.717, 1.165) is 36.6 Å². The molecule has 1 saturated carbocycles. The lowest BCUT2D eigenvalue weighted by molar-refractivity contribution is -0.128. The standard InChI is InChI=1S/C21H28BrN3O2S/c22-15-11-12-18-17(14-15)20(27)25(21(28)24-18)13-7-3-6-10-19(26)23-16-8-4-1-2-5-9-16/h11-12,14,16-17H,1-10,13H2,(H,23,26). The molecular formula is C21H28BrN3O2S. The van der Waals surface area contributed by atoms with Crippen LogP contribution in [0.3, 0.4) is 0 Å². The van der Waals surface area contributed by atoms with Crippen LogP contribution in [0, 0.1) is 5.92 Å². The van der Waals surface area contributed by atoms with E-state index in [1.54, 1.807) is 4.90 Å². The Bertz CT molecular complexity index is 708. The number of thiocarbonyl (C=S) groups is 1. The molecule has 0 aromatic heterocycles. The molecule has 5 nitrogen and oxygen atoms in total. The molecule has 3 aliphatic rings. The molecule has 1 heterocycles. The molecule has 7 heteroatoms. The maximum atomic E-state index is 12.7. The predicted octanol–water partition coefficient (Wildman–Crippen LogP) is 4.42. The van der Waals surface area contributed by atoms with Crippen LogP contribution >= 0.6 is 28.1 Å². The number of fused-ring (bicyclic) bond motifs is 1. The summed E-state index contributed by atoms with van der Waals surface area (Å²) in [4.78, 5) is 30.9. The van der Waals surface area contributed by atoms with E-state index in [2.05, 4.69) is 26.2 Å². The summed E-state index contributed by atoms with van der Waals surface area (Å²) >= 11 is 8.73. The van der Waals surface area contributed by atoms with Crippen molar-refractivity contribution < 1.29 is 9.59 Å². The average molecular weight is 466 g/mol. The number of nitrogens with one attached hydrogen (secondary N) is 1. The van der Waals surface area contributed by atoms with E-state index >= 15 is 0 Å². The number of carbonyl (C=O) groups excluding carboxylic acids is 2. The van der Waals surface area contributed by atoms with Crippen molar-refractivity contribution in [2.24, 2.45) is 10.9 Å². The van der Waals surface area contributed by atoms with E-state index in [0.29, 0.717) is 29.8 Å². The number of halogens is 1. The van der Waals surface area contributed by atoms with Crippen molar-refractivity contribution >= 4 is 50.8 Å². The summed E-state index contributed by atoms with van der Waals surface area (Å²) in [6.07, 6.45) is 15.9. The van der Waals surface area contributed by atoms with Gasteiger partial charge in [0.05, 0.1) is 5.71 Å². The lowest BCUT2D eigenvalue weighted by atomic mass is 9.95. The first-order valence-corrected chi connectivity index (χ1v) is 11.5. The Labute approximate surface area is 180 Å². The lowest BCUT2D eigenvalue weighted by Crippen LogP contribution is -2.46. The average Bonchev–Trinajstić information content (AvgIpc) is 2.93. The van der Waals surface area contributed by atoms with Crippen LogP contribution in [0.25, 0.3) is 0 Å². The van der Waals surface area contributed by atoms with Gasteiger partial charge in [-0.15, -0.1) is 0 Å². The summed E-state index contributed by atoms with van der Waals surface area (Å²) < 4.78 is 0.886. The van der Waals surface area contributed by atoms with Crippen LogP contribution in [0.2, 0.25) is 0 Å². The van der Waals surface area contributed by atoms with Gasteiger partial charge in [-0.2, -0.15) is 0 Å². The summed E-state index contributed by atoms with van der Waals surface area (Å²) in [6.45, 7) is 0.560. The van der Waals surface area contributed by atoms with Crippen LogP contribution in [0.5, 0.6) is 0 Å². The first-order chi connectivity index (χ1) is 13.5. The zero-order valence-electron chi connectivity index (χ0n) is 16.2. The first-order valence-electron chi connectivity index (χ1n) is 10.3.